The Bertz CT molecular complexity index is 1000. The lowest BCUT2D eigenvalue weighted by atomic mass is 10.1. The van der Waals surface area contributed by atoms with Crippen molar-refractivity contribution in [1.29, 1.82) is 0 Å². The average Bonchev–Trinajstić information content (AvgIpc) is 2.70. The van der Waals surface area contributed by atoms with Crippen molar-refractivity contribution < 1.29 is 17.9 Å². The summed E-state index contributed by atoms with van der Waals surface area (Å²) in [5.41, 5.74) is 1.01. The molecule has 0 aromatic heterocycles. The highest BCUT2D eigenvalue weighted by Crippen LogP contribution is 2.28. The molecule has 30 heavy (non-hydrogen) atoms. The summed E-state index contributed by atoms with van der Waals surface area (Å²) < 4.78 is 32.7. The average molecular weight is 471 g/mol. The van der Waals surface area contributed by atoms with Crippen molar-refractivity contribution in [2.45, 2.75) is 43.7 Å². The van der Waals surface area contributed by atoms with Crippen LogP contribution in [0.15, 0.2) is 47.4 Å². The first-order chi connectivity index (χ1) is 14.2. The number of aryl methyl sites for hydroxylation is 1. The molecule has 2 aromatic carbocycles. The molecule has 1 heterocycles. The van der Waals surface area contributed by atoms with Gasteiger partial charge in [-0.25, -0.2) is 8.42 Å². The zero-order valence-electron chi connectivity index (χ0n) is 16.8. The van der Waals surface area contributed by atoms with Gasteiger partial charge in [0.2, 0.25) is 10.0 Å². The molecule has 1 aliphatic rings. The normalized spacial score (nSPS) is 16.8. The zero-order chi connectivity index (χ0) is 21.9. The molecule has 0 spiro atoms. The van der Waals surface area contributed by atoms with Crippen LogP contribution in [0.1, 0.15) is 25.3 Å². The van der Waals surface area contributed by atoms with Crippen LogP contribution in [0.25, 0.3) is 0 Å². The van der Waals surface area contributed by atoms with E-state index in [2.05, 4.69) is 5.32 Å². The molecule has 9 heteroatoms. The van der Waals surface area contributed by atoms with Crippen molar-refractivity contribution in [2.75, 3.05) is 13.1 Å². The second-order valence-electron chi connectivity index (χ2n) is 7.33. The number of rotatable bonds is 6. The minimum absolute atomic E-state index is 0.117. The number of hydrogen-bond acceptors (Lipinski definition) is 4. The Morgan fingerprint density at radius 2 is 1.77 bits per heavy atom. The van der Waals surface area contributed by atoms with E-state index < -0.39 is 16.1 Å². The number of benzene rings is 2. The van der Waals surface area contributed by atoms with Crippen LogP contribution in [0.4, 0.5) is 0 Å². The van der Waals surface area contributed by atoms with Gasteiger partial charge in [-0.15, -0.1) is 0 Å². The number of halogens is 2. The Kier molecular flexibility index (Phi) is 7.29. The molecule has 0 saturated carbocycles. The third-order valence-corrected chi connectivity index (χ3v) is 7.47. The van der Waals surface area contributed by atoms with Crippen LogP contribution in [-0.4, -0.2) is 43.9 Å². The van der Waals surface area contributed by atoms with Crippen LogP contribution in [-0.2, 0) is 14.8 Å². The molecule has 162 valence electrons. The van der Waals surface area contributed by atoms with Gasteiger partial charge in [-0.3, -0.25) is 4.79 Å². The molecule has 1 fully saturated rings. The summed E-state index contributed by atoms with van der Waals surface area (Å²) >= 11 is 12.0. The fourth-order valence-corrected chi connectivity index (χ4v) is 5.16. The van der Waals surface area contributed by atoms with Gasteiger partial charge in [0.25, 0.3) is 5.91 Å². The summed E-state index contributed by atoms with van der Waals surface area (Å²) in [5.74, 6) is 0.101. The van der Waals surface area contributed by atoms with Gasteiger partial charge in [0.15, 0.2) is 6.10 Å². The van der Waals surface area contributed by atoms with E-state index in [9.17, 15) is 13.2 Å². The fraction of sp³-hybridized carbons (Fsp3) is 0.381. The van der Waals surface area contributed by atoms with Crippen LogP contribution >= 0.6 is 23.2 Å². The highest BCUT2D eigenvalue weighted by Gasteiger charge is 2.30. The summed E-state index contributed by atoms with van der Waals surface area (Å²) in [7, 11) is -3.53. The summed E-state index contributed by atoms with van der Waals surface area (Å²) in [4.78, 5) is 12.8. The molecule has 6 nitrogen and oxygen atoms in total. The number of ether oxygens (including phenoxy) is 1. The molecule has 0 radical (unpaired) electrons. The SMILES string of the molecule is Cc1ccc(S(=O)(=O)N2CCC(NC(=O)C(C)Oc3ccc(Cl)cc3Cl)CC2)cc1. The predicted octanol–water partition coefficient (Wildman–Crippen LogP) is 4.04. The number of piperidine rings is 1. The third kappa shape index (κ3) is 5.46. The first kappa shape index (κ1) is 22.9. The summed E-state index contributed by atoms with van der Waals surface area (Å²) in [6.07, 6.45) is 0.314. The maximum atomic E-state index is 12.8. The van der Waals surface area contributed by atoms with Gasteiger partial charge in [-0.2, -0.15) is 4.31 Å². The lowest BCUT2D eigenvalue weighted by molar-refractivity contribution is -0.128. The molecule has 1 N–H and O–H groups in total. The molecule has 1 atom stereocenters. The van der Waals surface area contributed by atoms with E-state index in [1.54, 1.807) is 49.4 Å². The number of carbonyl (C=O) groups is 1. The molecule has 0 bridgehead atoms. The first-order valence-electron chi connectivity index (χ1n) is 9.66. The van der Waals surface area contributed by atoms with E-state index in [0.29, 0.717) is 41.7 Å². The quantitative estimate of drug-likeness (QED) is 0.690. The molecule has 2 aromatic rings. The maximum Gasteiger partial charge on any atom is 0.260 e. The Balaban J connectivity index is 1.53. The van der Waals surface area contributed by atoms with Crippen LogP contribution in [0.5, 0.6) is 5.75 Å². The van der Waals surface area contributed by atoms with Gasteiger partial charge in [-0.1, -0.05) is 40.9 Å². The lowest BCUT2D eigenvalue weighted by Crippen LogP contribution is -2.49. The number of nitrogens with one attached hydrogen (secondary N) is 1. The van der Waals surface area contributed by atoms with Crippen molar-refractivity contribution in [2.24, 2.45) is 0 Å². The van der Waals surface area contributed by atoms with Gasteiger partial charge in [0.1, 0.15) is 5.75 Å². The standard InChI is InChI=1S/C21H24Cl2N2O4S/c1-14-3-6-18(7-4-14)30(27,28)25-11-9-17(10-12-25)24-21(26)15(2)29-20-8-5-16(22)13-19(20)23/h3-8,13,15,17H,9-12H2,1-2H3,(H,24,26). The van der Waals surface area contributed by atoms with Crippen molar-refractivity contribution in [1.82, 2.24) is 9.62 Å². The first-order valence-corrected chi connectivity index (χ1v) is 11.9. The Morgan fingerprint density at radius 3 is 2.37 bits per heavy atom. The molecular formula is C21H24Cl2N2O4S. The van der Waals surface area contributed by atoms with Crippen molar-refractivity contribution >= 4 is 39.1 Å². The molecule has 1 saturated heterocycles. The number of nitrogens with zero attached hydrogens (tertiary/aromatic N) is 1. The van der Waals surface area contributed by atoms with Gasteiger partial charge < -0.3 is 10.1 Å². The molecular weight excluding hydrogens is 447 g/mol. The summed E-state index contributed by atoms with van der Waals surface area (Å²) in [6.45, 7) is 4.24. The monoisotopic (exact) mass is 470 g/mol. The van der Waals surface area contributed by atoms with E-state index in [1.165, 1.54) is 4.31 Å². The zero-order valence-corrected chi connectivity index (χ0v) is 19.1. The van der Waals surface area contributed by atoms with E-state index in [4.69, 9.17) is 27.9 Å². The smallest absolute Gasteiger partial charge is 0.260 e. The van der Waals surface area contributed by atoms with Gasteiger partial charge >= 0.3 is 0 Å². The lowest BCUT2D eigenvalue weighted by Gasteiger charge is -2.32. The van der Waals surface area contributed by atoms with E-state index >= 15 is 0 Å². The van der Waals surface area contributed by atoms with Gasteiger partial charge in [0, 0.05) is 24.2 Å². The second kappa shape index (κ2) is 9.56. The van der Waals surface area contributed by atoms with E-state index in [1.807, 2.05) is 6.92 Å². The van der Waals surface area contributed by atoms with Crippen LogP contribution in [0, 0.1) is 6.92 Å². The minimum atomic E-state index is -3.53. The highest BCUT2D eigenvalue weighted by molar-refractivity contribution is 7.89. The highest BCUT2D eigenvalue weighted by atomic mass is 35.5. The maximum absolute atomic E-state index is 12.8. The Labute approximate surface area is 187 Å². The number of sulfonamides is 1. The van der Waals surface area contributed by atoms with Crippen molar-refractivity contribution in [3.8, 4) is 5.75 Å². The Hall–Kier alpha value is -1.80. The van der Waals surface area contributed by atoms with Crippen LogP contribution in [0.2, 0.25) is 10.0 Å². The molecule has 1 aliphatic heterocycles. The largest absolute Gasteiger partial charge is 0.479 e. The third-order valence-electron chi connectivity index (χ3n) is 5.03. The Morgan fingerprint density at radius 1 is 1.13 bits per heavy atom. The molecule has 3 rings (SSSR count). The molecule has 1 unspecified atom stereocenters. The second-order valence-corrected chi connectivity index (χ2v) is 10.1. The number of hydrogen-bond donors (Lipinski definition) is 1. The van der Waals surface area contributed by atoms with Crippen molar-refractivity contribution in [3.05, 3.63) is 58.1 Å². The van der Waals surface area contributed by atoms with Crippen LogP contribution < -0.4 is 10.1 Å². The molecule has 1 amide bonds. The van der Waals surface area contributed by atoms with E-state index in [0.717, 1.165) is 5.56 Å². The number of carbonyl (C=O) groups excluding carboxylic acids is 1. The predicted molar refractivity (Wildman–Crippen MR) is 118 cm³/mol. The molecule has 0 aliphatic carbocycles. The van der Waals surface area contributed by atoms with E-state index in [-0.39, 0.29) is 16.8 Å². The van der Waals surface area contributed by atoms with Gasteiger partial charge in [0.05, 0.1) is 9.92 Å². The summed E-state index contributed by atoms with van der Waals surface area (Å²) in [6, 6.07) is 11.5. The topological polar surface area (TPSA) is 75.7 Å². The fourth-order valence-electron chi connectivity index (χ4n) is 3.23. The van der Waals surface area contributed by atoms with Crippen LogP contribution in [0.3, 0.4) is 0 Å². The minimum Gasteiger partial charge on any atom is -0.479 e. The summed E-state index contributed by atoms with van der Waals surface area (Å²) in [5, 5.41) is 3.75. The van der Waals surface area contributed by atoms with Crippen molar-refractivity contribution in [3.63, 3.8) is 0 Å². The van der Waals surface area contributed by atoms with Gasteiger partial charge in [-0.05, 0) is 57.0 Å². The number of amides is 1.